The van der Waals surface area contributed by atoms with Crippen molar-refractivity contribution in [3.8, 4) is 0 Å². The molecule has 0 aliphatic rings. The fraction of sp³-hybridized carbons (Fsp3) is 0.273. The summed E-state index contributed by atoms with van der Waals surface area (Å²) in [4.78, 5) is 31.7. The molecule has 1 aromatic rings. The van der Waals surface area contributed by atoms with Gasteiger partial charge in [0.25, 0.3) is 11.6 Å². The number of nitrogens with one attached hydrogen (secondary N) is 1. The van der Waals surface area contributed by atoms with Crippen LogP contribution < -0.4 is 5.32 Å². The number of hydrogen-bond acceptors (Lipinski definition) is 5. The highest BCUT2D eigenvalue weighted by molar-refractivity contribution is 5.95. The molecule has 0 aliphatic heterocycles. The van der Waals surface area contributed by atoms with Crippen molar-refractivity contribution in [2.24, 2.45) is 0 Å². The fourth-order valence-electron chi connectivity index (χ4n) is 1.34. The van der Waals surface area contributed by atoms with Gasteiger partial charge in [-0.1, -0.05) is 0 Å². The highest BCUT2D eigenvalue weighted by atomic mass is 19.1. The summed E-state index contributed by atoms with van der Waals surface area (Å²) in [5.41, 5.74) is -0.967. The Hall–Kier alpha value is -2.55. The molecule has 0 bridgehead atoms. The zero-order valence-corrected chi connectivity index (χ0v) is 10.1. The zero-order valence-electron chi connectivity index (χ0n) is 10.1. The van der Waals surface area contributed by atoms with Crippen LogP contribution in [0.4, 0.5) is 10.1 Å². The first-order valence-corrected chi connectivity index (χ1v) is 5.46. The molecule has 0 saturated heterocycles. The Morgan fingerprint density at radius 1 is 1.45 bits per heavy atom. The van der Waals surface area contributed by atoms with E-state index in [4.69, 9.17) is 10.2 Å². The topological polar surface area (TPSA) is 130 Å². The summed E-state index contributed by atoms with van der Waals surface area (Å²) in [5.74, 6) is -3.31. The second kappa shape index (κ2) is 6.57. The van der Waals surface area contributed by atoms with Crippen molar-refractivity contribution < 1.29 is 29.1 Å². The van der Waals surface area contributed by atoms with E-state index in [2.05, 4.69) is 5.32 Å². The van der Waals surface area contributed by atoms with Gasteiger partial charge in [0, 0.05) is 25.1 Å². The van der Waals surface area contributed by atoms with Crippen LogP contribution in [0, 0.1) is 15.9 Å². The number of carbonyl (C=O) groups is 2. The highest BCUT2D eigenvalue weighted by Gasteiger charge is 2.18. The van der Waals surface area contributed by atoms with Gasteiger partial charge < -0.3 is 15.5 Å². The quantitative estimate of drug-likeness (QED) is 0.509. The Kier molecular flexibility index (Phi) is 5.09. The molecular weight excluding hydrogens is 275 g/mol. The molecule has 1 atom stereocenters. The number of aliphatic hydroxyl groups excluding tert-OH is 1. The van der Waals surface area contributed by atoms with E-state index in [-0.39, 0.29) is 13.0 Å². The number of amides is 1. The maximum absolute atomic E-state index is 13.4. The number of halogens is 1. The summed E-state index contributed by atoms with van der Waals surface area (Å²) in [6.45, 7) is -0.214. The molecule has 1 unspecified atom stereocenters. The number of nitro benzene ring substituents is 1. The standard InChI is InChI=1S/C11H11FN2O6/c12-8-2-1-6(14(19)20)5-7(8)10(16)13-4-3-9(15)11(17)18/h1-2,5,9,15H,3-4H2,(H,13,16)(H,17,18). The molecule has 0 fully saturated rings. The summed E-state index contributed by atoms with van der Waals surface area (Å²) in [6.07, 6.45) is -1.91. The van der Waals surface area contributed by atoms with Gasteiger partial charge in [0.15, 0.2) is 6.10 Å². The van der Waals surface area contributed by atoms with E-state index in [9.17, 15) is 24.1 Å². The molecule has 108 valence electrons. The molecule has 9 heteroatoms. The number of aliphatic hydroxyl groups is 1. The smallest absolute Gasteiger partial charge is 0.332 e. The van der Waals surface area contributed by atoms with Crippen LogP contribution >= 0.6 is 0 Å². The van der Waals surface area contributed by atoms with Crippen LogP contribution in [0.15, 0.2) is 18.2 Å². The number of aliphatic carboxylic acids is 1. The lowest BCUT2D eigenvalue weighted by atomic mass is 10.1. The number of rotatable bonds is 6. The predicted octanol–water partition coefficient (Wildman–Crippen LogP) is 0.299. The van der Waals surface area contributed by atoms with Crippen LogP contribution in [0.5, 0.6) is 0 Å². The third-order valence-electron chi connectivity index (χ3n) is 2.39. The second-order valence-corrected chi connectivity index (χ2v) is 3.82. The number of hydrogen-bond donors (Lipinski definition) is 3. The Bertz CT molecular complexity index is 548. The minimum atomic E-state index is -1.65. The van der Waals surface area contributed by atoms with Gasteiger partial charge in [0.2, 0.25) is 0 Å². The number of carboxylic acid groups (broad SMARTS) is 1. The molecule has 0 heterocycles. The van der Waals surface area contributed by atoms with Gasteiger partial charge in [-0.05, 0) is 6.07 Å². The van der Waals surface area contributed by atoms with Gasteiger partial charge in [-0.15, -0.1) is 0 Å². The molecule has 0 saturated carbocycles. The molecule has 0 aromatic heterocycles. The van der Waals surface area contributed by atoms with Crippen molar-refractivity contribution >= 4 is 17.6 Å². The first-order chi connectivity index (χ1) is 9.32. The minimum absolute atomic E-state index is 0.214. The van der Waals surface area contributed by atoms with Gasteiger partial charge in [-0.3, -0.25) is 14.9 Å². The van der Waals surface area contributed by atoms with E-state index in [0.717, 1.165) is 18.2 Å². The first-order valence-electron chi connectivity index (χ1n) is 5.46. The normalized spacial score (nSPS) is 11.7. The second-order valence-electron chi connectivity index (χ2n) is 3.82. The van der Waals surface area contributed by atoms with E-state index >= 15 is 0 Å². The lowest BCUT2D eigenvalue weighted by Gasteiger charge is -2.08. The van der Waals surface area contributed by atoms with E-state index in [1.54, 1.807) is 0 Å². The SMILES string of the molecule is O=C(NCCC(O)C(=O)O)c1cc([N+](=O)[O-])ccc1F. The number of nitrogens with zero attached hydrogens (tertiary/aromatic N) is 1. The Labute approximate surface area is 112 Å². The lowest BCUT2D eigenvalue weighted by Crippen LogP contribution is -2.30. The average molecular weight is 286 g/mol. The van der Waals surface area contributed by atoms with Crippen LogP contribution in [0.2, 0.25) is 0 Å². The van der Waals surface area contributed by atoms with Crippen LogP contribution in [0.3, 0.4) is 0 Å². The van der Waals surface area contributed by atoms with Crippen molar-refractivity contribution in [1.29, 1.82) is 0 Å². The summed E-state index contributed by atoms with van der Waals surface area (Å²) in [6, 6.07) is 2.48. The lowest BCUT2D eigenvalue weighted by molar-refractivity contribution is -0.384. The zero-order chi connectivity index (χ0) is 15.3. The van der Waals surface area contributed by atoms with Crippen molar-refractivity contribution in [3.63, 3.8) is 0 Å². The first kappa shape index (κ1) is 15.5. The van der Waals surface area contributed by atoms with Gasteiger partial charge in [-0.25, -0.2) is 9.18 Å². The van der Waals surface area contributed by atoms with E-state index in [1.807, 2.05) is 0 Å². The van der Waals surface area contributed by atoms with E-state index in [0.29, 0.717) is 0 Å². The number of carboxylic acids is 1. The maximum atomic E-state index is 13.4. The third kappa shape index (κ3) is 3.99. The Morgan fingerprint density at radius 2 is 2.10 bits per heavy atom. The minimum Gasteiger partial charge on any atom is -0.479 e. The summed E-state index contributed by atoms with van der Waals surface area (Å²) < 4.78 is 13.4. The van der Waals surface area contributed by atoms with Gasteiger partial charge in [0.05, 0.1) is 10.5 Å². The Balaban J connectivity index is 2.70. The summed E-state index contributed by atoms with van der Waals surface area (Å²) in [5, 5.41) is 30.1. The molecule has 20 heavy (non-hydrogen) atoms. The van der Waals surface area contributed by atoms with E-state index < -0.39 is 40.0 Å². The van der Waals surface area contributed by atoms with Crippen molar-refractivity contribution in [3.05, 3.63) is 39.7 Å². The van der Waals surface area contributed by atoms with Crippen LogP contribution in [-0.2, 0) is 4.79 Å². The molecule has 8 nitrogen and oxygen atoms in total. The number of non-ortho nitro benzene ring substituents is 1. The van der Waals surface area contributed by atoms with Crippen LogP contribution in [0.1, 0.15) is 16.8 Å². The van der Waals surface area contributed by atoms with Crippen LogP contribution in [0.25, 0.3) is 0 Å². The van der Waals surface area contributed by atoms with Crippen molar-refractivity contribution in [1.82, 2.24) is 5.32 Å². The summed E-state index contributed by atoms with van der Waals surface area (Å²) >= 11 is 0. The van der Waals surface area contributed by atoms with Crippen molar-refractivity contribution in [2.75, 3.05) is 6.54 Å². The molecule has 0 aliphatic carbocycles. The largest absolute Gasteiger partial charge is 0.479 e. The van der Waals surface area contributed by atoms with Crippen LogP contribution in [-0.4, -0.2) is 39.7 Å². The predicted molar refractivity (Wildman–Crippen MR) is 63.6 cm³/mol. The fourth-order valence-corrected chi connectivity index (χ4v) is 1.34. The molecule has 0 radical (unpaired) electrons. The molecule has 1 rings (SSSR count). The monoisotopic (exact) mass is 286 g/mol. The summed E-state index contributed by atoms with van der Waals surface area (Å²) in [7, 11) is 0. The average Bonchev–Trinajstić information content (AvgIpc) is 2.38. The van der Waals surface area contributed by atoms with Gasteiger partial charge >= 0.3 is 5.97 Å². The number of benzene rings is 1. The maximum Gasteiger partial charge on any atom is 0.332 e. The van der Waals surface area contributed by atoms with E-state index in [1.165, 1.54) is 0 Å². The highest BCUT2D eigenvalue weighted by Crippen LogP contribution is 2.16. The molecule has 3 N–H and O–H groups in total. The number of nitro groups is 1. The number of carbonyl (C=O) groups excluding carboxylic acids is 1. The molecule has 1 amide bonds. The van der Waals surface area contributed by atoms with Crippen molar-refractivity contribution in [2.45, 2.75) is 12.5 Å². The van der Waals surface area contributed by atoms with Gasteiger partial charge in [0.1, 0.15) is 5.82 Å². The van der Waals surface area contributed by atoms with Gasteiger partial charge in [-0.2, -0.15) is 0 Å². The molecule has 1 aromatic carbocycles. The molecular formula is C11H11FN2O6. The molecule has 0 spiro atoms. The third-order valence-corrected chi connectivity index (χ3v) is 2.39. The Morgan fingerprint density at radius 3 is 2.65 bits per heavy atom.